The fourth-order valence-corrected chi connectivity index (χ4v) is 3.87. The molecule has 6 heteroatoms. The summed E-state index contributed by atoms with van der Waals surface area (Å²) in [6.07, 6.45) is 0.680. The van der Waals surface area contributed by atoms with E-state index in [0.29, 0.717) is 31.9 Å². The number of para-hydroxylation sites is 1. The minimum atomic E-state index is -0.0355. The number of methoxy groups -OCH3 is 1. The van der Waals surface area contributed by atoms with Gasteiger partial charge in [0.2, 0.25) is 0 Å². The topological polar surface area (TPSA) is 67.5 Å². The Morgan fingerprint density at radius 3 is 2.70 bits per heavy atom. The summed E-state index contributed by atoms with van der Waals surface area (Å²) in [5.74, 6) is 2.15. The van der Waals surface area contributed by atoms with Crippen LogP contribution in [0.5, 0.6) is 11.5 Å². The van der Waals surface area contributed by atoms with Gasteiger partial charge in [0, 0.05) is 36.3 Å². The first kappa shape index (κ1) is 20.2. The van der Waals surface area contributed by atoms with Crippen molar-refractivity contribution in [2.45, 2.75) is 33.4 Å². The van der Waals surface area contributed by atoms with Crippen molar-refractivity contribution in [2.75, 3.05) is 20.3 Å². The Labute approximate surface area is 176 Å². The zero-order valence-corrected chi connectivity index (χ0v) is 17.7. The van der Waals surface area contributed by atoms with Crippen molar-refractivity contribution in [1.82, 2.24) is 14.9 Å². The van der Waals surface area contributed by atoms with E-state index in [1.165, 1.54) is 5.56 Å². The van der Waals surface area contributed by atoms with Gasteiger partial charge in [-0.05, 0) is 26.3 Å². The summed E-state index contributed by atoms with van der Waals surface area (Å²) < 4.78 is 11.3. The fraction of sp³-hybridized carbons (Fsp3) is 0.333. The standard InChI is InChI=1S/C24H27N3O3/c1-4-30-22-18(6-5-7-21(22)29-3)14-27-13-12-19-20(15-27)25-23(26-24(19)28)17-10-8-16(2)9-11-17/h5-11H,4,12-15H2,1-3H3,(H,25,26,28). The van der Waals surface area contributed by atoms with Crippen molar-refractivity contribution >= 4 is 0 Å². The second-order valence-corrected chi connectivity index (χ2v) is 7.55. The molecule has 1 aliphatic rings. The maximum Gasteiger partial charge on any atom is 0.254 e. The van der Waals surface area contributed by atoms with E-state index in [9.17, 15) is 4.79 Å². The third-order valence-corrected chi connectivity index (χ3v) is 5.44. The molecule has 3 aromatic rings. The zero-order valence-electron chi connectivity index (χ0n) is 17.7. The van der Waals surface area contributed by atoms with Crippen LogP contribution in [0, 0.1) is 6.92 Å². The summed E-state index contributed by atoms with van der Waals surface area (Å²) in [7, 11) is 1.65. The monoisotopic (exact) mass is 405 g/mol. The number of nitrogens with zero attached hydrogens (tertiary/aromatic N) is 2. The lowest BCUT2D eigenvalue weighted by Gasteiger charge is -2.28. The molecule has 30 heavy (non-hydrogen) atoms. The first-order chi connectivity index (χ1) is 14.6. The largest absolute Gasteiger partial charge is 0.493 e. The summed E-state index contributed by atoms with van der Waals surface area (Å²) in [4.78, 5) is 22.7. The van der Waals surface area contributed by atoms with Crippen LogP contribution in [0.2, 0.25) is 0 Å². The van der Waals surface area contributed by atoms with Crippen LogP contribution in [0.1, 0.15) is 29.3 Å². The average molecular weight is 405 g/mol. The number of benzene rings is 2. The Balaban J connectivity index is 1.61. The van der Waals surface area contributed by atoms with Crippen LogP contribution in [0.25, 0.3) is 11.4 Å². The molecule has 0 saturated heterocycles. The van der Waals surface area contributed by atoms with Crippen LogP contribution in [-0.2, 0) is 19.5 Å². The third-order valence-electron chi connectivity index (χ3n) is 5.44. The number of ether oxygens (including phenoxy) is 2. The van der Waals surface area contributed by atoms with Crippen LogP contribution >= 0.6 is 0 Å². The number of fused-ring (bicyclic) bond motifs is 1. The maximum atomic E-state index is 12.7. The lowest BCUT2D eigenvalue weighted by molar-refractivity contribution is 0.232. The van der Waals surface area contributed by atoms with E-state index in [-0.39, 0.29) is 5.56 Å². The molecule has 0 aliphatic carbocycles. The molecule has 0 radical (unpaired) electrons. The highest BCUT2D eigenvalue weighted by Crippen LogP contribution is 2.32. The molecule has 2 heterocycles. The van der Waals surface area contributed by atoms with Crippen LogP contribution in [0.15, 0.2) is 47.3 Å². The van der Waals surface area contributed by atoms with Crippen molar-refractivity contribution in [1.29, 1.82) is 0 Å². The van der Waals surface area contributed by atoms with Gasteiger partial charge in [0.1, 0.15) is 5.82 Å². The van der Waals surface area contributed by atoms with Gasteiger partial charge < -0.3 is 14.5 Å². The molecule has 0 fully saturated rings. The highest BCUT2D eigenvalue weighted by atomic mass is 16.5. The molecule has 1 aromatic heterocycles. The van der Waals surface area contributed by atoms with Gasteiger partial charge in [-0.1, -0.05) is 42.0 Å². The molecule has 4 rings (SSSR count). The van der Waals surface area contributed by atoms with Gasteiger partial charge >= 0.3 is 0 Å². The Hall–Kier alpha value is -3.12. The Kier molecular flexibility index (Phi) is 5.86. The summed E-state index contributed by atoms with van der Waals surface area (Å²) >= 11 is 0. The molecule has 0 unspecified atom stereocenters. The Bertz CT molecular complexity index is 1090. The minimum absolute atomic E-state index is 0.0355. The van der Waals surface area contributed by atoms with Gasteiger partial charge in [0.25, 0.3) is 5.56 Å². The molecule has 1 aliphatic heterocycles. The number of rotatable bonds is 6. The number of hydrogen-bond donors (Lipinski definition) is 1. The molecule has 1 N–H and O–H groups in total. The van der Waals surface area contributed by atoms with Crippen molar-refractivity contribution in [3.63, 3.8) is 0 Å². The number of aromatic amines is 1. The van der Waals surface area contributed by atoms with E-state index in [0.717, 1.165) is 40.4 Å². The molecule has 156 valence electrons. The minimum Gasteiger partial charge on any atom is -0.493 e. The molecule has 0 saturated carbocycles. The first-order valence-electron chi connectivity index (χ1n) is 10.3. The van der Waals surface area contributed by atoms with Crippen LogP contribution in [0.3, 0.4) is 0 Å². The lowest BCUT2D eigenvalue weighted by atomic mass is 10.0. The van der Waals surface area contributed by atoms with E-state index in [1.54, 1.807) is 7.11 Å². The molecule has 6 nitrogen and oxygen atoms in total. The summed E-state index contributed by atoms with van der Waals surface area (Å²) in [5.41, 5.74) is 4.77. The van der Waals surface area contributed by atoms with Gasteiger partial charge in [0.05, 0.1) is 19.4 Å². The SMILES string of the molecule is CCOc1c(CN2CCc3c(nc(-c4ccc(C)cc4)[nH]c3=O)C2)cccc1OC. The summed E-state index contributed by atoms with van der Waals surface area (Å²) in [6.45, 7) is 6.72. The second kappa shape index (κ2) is 8.71. The van der Waals surface area contributed by atoms with Gasteiger partial charge in [-0.25, -0.2) is 4.98 Å². The second-order valence-electron chi connectivity index (χ2n) is 7.55. The van der Waals surface area contributed by atoms with E-state index in [1.807, 2.05) is 50.2 Å². The predicted octanol–water partition coefficient (Wildman–Crippen LogP) is 3.71. The van der Waals surface area contributed by atoms with Crippen LogP contribution in [-0.4, -0.2) is 35.1 Å². The molecular formula is C24H27N3O3. The summed E-state index contributed by atoms with van der Waals surface area (Å²) in [5, 5.41) is 0. The number of aromatic nitrogens is 2. The number of aryl methyl sites for hydroxylation is 1. The first-order valence-corrected chi connectivity index (χ1v) is 10.3. The summed E-state index contributed by atoms with van der Waals surface area (Å²) in [6, 6.07) is 14.0. The lowest BCUT2D eigenvalue weighted by Crippen LogP contribution is -2.35. The van der Waals surface area contributed by atoms with Crippen LogP contribution in [0.4, 0.5) is 0 Å². The zero-order chi connectivity index (χ0) is 21.1. The molecule has 0 amide bonds. The van der Waals surface area contributed by atoms with Crippen LogP contribution < -0.4 is 15.0 Å². The van der Waals surface area contributed by atoms with E-state index in [4.69, 9.17) is 14.5 Å². The Morgan fingerprint density at radius 2 is 1.97 bits per heavy atom. The van der Waals surface area contributed by atoms with Gasteiger partial charge in [0.15, 0.2) is 11.5 Å². The molecular weight excluding hydrogens is 378 g/mol. The molecule has 2 aromatic carbocycles. The van der Waals surface area contributed by atoms with Crippen molar-refractivity contribution in [3.8, 4) is 22.9 Å². The maximum absolute atomic E-state index is 12.7. The quantitative estimate of drug-likeness (QED) is 0.677. The average Bonchev–Trinajstić information content (AvgIpc) is 2.75. The molecule has 0 spiro atoms. The number of hydrogen-bond acceptors (Lipinski definition) is 5. The van der Waals surface area contributed by atoms with Crippen molar-refractivity contribution in [2.24, 2.45) is 0 Å². The normalized spacial score (nSPS) is 13.7. The van der Waals surface area contributed by atoms with Crippen molar-refractivity contribution in [3.05, 3.63) is 75.2 Å². The number of nitrogens with one attached hydrogen (secondary N) is 1. The van der Waals surface area contributed by atoms with Crippen molar-refractivity contribution < 1.29 is 9.47 Å². The molecule has 0 bridgehead atoms. The molecule has 0 atom stereocenters. The third kappa shape index (κ3) is 4.09. The van der Waals surface area contributed by atoms with Gasteiger partial charge in [-0.15, -0.1) is 0 Å². The number of H-pyrrole nitrogens is 1. The fourth-order valence-electron chi connectivity index (χ4n) is 3.87. The van der Waals surface area contributed by atoms with Gasteiger partial charge in [-0.2, -0.15) is 0 Å². The highest BCUT2D eigenvalue weighted by Gasteiger charge is 2.23. The van der Waals surface area contributed by atoms with E-state index < -0.39 is 0 Å². The predicted molar refractivity (Wildman–Crippen MR) is 117 cm³/mol. The van der Waals surface area contributed by atoms with Gasteiger partial charge in [-0.3, -0.25) is 9.69 Å². The highest BCUT2D eigenvalue weighted by molar-refractivity contribution is 5.55. The van der Waals surface area contributed by atoms with E-state index >= 15 is 0 Å². The smallest absolute Gasteiger partial charge is 0.254 e. The Morgan fingerprint density at radius 1 is 1.17 bits per heavy atom. The van der Waals surface area contributed by atoms with E-state index in [2.05, 4.69) is 16.0 Å².